The molecule has 0 spiro atoms. The first-order valence-corrected chi connectivity index (χ1v) is 5.63. The number of hydrogen-bond donors (Lipinski definition) is 1. The average Bonchev–Trinajstić information content (AvgIpc) is 2.62. The molecule has 4 heteroatoms. The zero-order valence-corrected chi connectivity index (χ0v) is 9.58. The van der Waals surface area contributed by atoms with E-state index < -0.39 is 0 Å². The highest BCUT2D eigenvalue weighted by molar-refractivity contribution is 7.15. The van der Waals surface area contributed by atoms with Crippen LogP contribution in [0.25, 0.3) is 10.6 Å². The van der Waals surface area contributed by atoms with E-state index >= 15 is 0 Å². The number of thiazole rings is 1. The van der Waals surface area contributed by atoms with Crippen LogP contribution in [0.2, 0.25) is 0 Å². The summed E-state index contributed by atoms with van der Waals surface area (Å²) >= 11 is 1.64. The molecule has 2 aromatic heterocycles. The quantitative estimate of drug-likeness (QED) is 0.844. The minimum Gasteiger partial charge on any atom is -0.323 e. The van der Waals surface area contributed by atoms with Crippen LogP contribution >= 0.6 is 11.3 Å². The summed E-state index contributed by atoms with van der Waals surface area (Å²) in [4.78, 5) is 9.73. The van der Waals surface area contributed by atoms with E-state index in [1.165, 1.54) is 0 Å². The van der Waals surface area contributed by atoms with Gasteiger partial charge in [0, 0.05) is 28.9 Å². The molecule has 0 saturated carbocycles. The summed E-state index contributed by atoms with van der Waals surface area (Å²) in [7, 11) is 0. The number of rotatable bonds is 2. The van der Waals surface area contributed by atoms with E-state index in [1.54, 1.807) is 17.5 Å². The SMILES string of the molecule is Cc1nc(-c2cccnc2)sc1C(C)N. The highest BCUT2D eigenvalue weighted by Gasteiger charge is 2.11. The number of aromatic nitrogens is 2. The lowest BCUT2D eigenvalue weighted by Crippen LogP contribution is -2.03. The van der Waals surface area contributed by atoms with E-state index in [4.69, 9.17) is 5.73 Å². The molecule has 0 radical (unpaired) electrons. The van der Waals surface area contributed by atoms with Gasteiger partial charge in [0.25, 0.3) is 0 Å². The molecule has 0 bridgehead atoms. The second kappa shape index (κ2) is 4.08. The third-order valence-electron chi connectivity index (χ3n) is 2.15. The average molecular weight is 219 g/mol. The predicted octanol–water partition coefficient (Wildman–Crippen LogP) is 2.53. The summed E-state index contributed by atoms with van der Waals surface area (Å²) in [6.07, 6.45) is 3.58. The molecule has 15 heavy (non-hydrogen) atoms. The van der Waals surface area contributed by atoms with Gasteiger partial charge in [0.1, 0.15) is 5.01 Å². The van der Waals surface area contributed by atoms with Crippen LogP contribution in [0.1, 0.15) is 23.5 Å². The summed E-state index contributed by atoms with van der Waals surface area (Å²) in [6, 6.07) is 3.97. The van der Waals surface area contributed by atoms with Gasteiger partial charge in [-0.15, -0.1) is 11.3 Å². The molecule has 78 valence electrons. The van der Waals surface area contributed by atoms with Gasteiger partial charge < -0.3 is 5.73 Å². The first-order chi connectivity index (χ1) is 7.18. The Hall–Kier alpha value is -1.26. The van der Waals surface area contributed by atoms with Crippen molar-refractivity contribution in [3.05, 3.63) is 35.1 Å². The highest BCUT2D eigenvalue weighted by atomic mass is 32.1. The van der Waals surface area contributed by atoms with Crippen LogP contribution in [0.5, 0.6) is 0 Å². The van der Waals surface area contributed by atoms with Crippen LogP contribution in [0.15, 0.2) is 24.5 Å². The standard InChI is InChI=1S/C11H13N3S/c1-7(12)10-8(2)14-11(15-10)9-4-3-5-13-6-9/h3-7H,12H2,1-2H3. The molecular formula is C11H13N3S. The molecule has 1 atom stereocenters. The minimum absolute atomic E-state index is 0.0490. The van der Waals surface area contributed by atoms with E-state index in [2.05, 4.69) is 9.97 Å². The van der Waals surface area contributed by atoms with Gasteiger partial charge in [-0.1, -0.05) is 0 Å². The third-order valence-corrected chi connectivity index (χ3v) is 3.56. The molecule has 1 unspecified atom stereocenters. The second-order valence-corrected chi connectivity index (χ2v) is 4.53. The predicted molar refractivity (Wildman–Crippen MR) is 62.7 cm³/mol. The first kappa shape index (κ1) is 10.3. The maximum absolute atomic E-state index is 5.86. The van der Waals surface area contributed by atoms with E-state index in [0.29, 0.717) is 0 Å². The summed E-state index contributed by atoms with van der Waals surface area (Å²) in [5, 5.41) is 0.993. The Bertz CT molecular complexity index is 448. The molecular weight excluding hydrogens is 206 g/mol. The van der Waals surface area contributed by atoms with Crippen molar-refractivity contribution in [1.82, 2.24) is 9.97 Å². The van der Waals surface area contributed by atoms with Crippen molar-refractivity contribution in [2.75, 3.05) is 0 Å². The highest BCUT2D eigenvalue weighted by Crippen LogP contribution is 2.30. The van der Waals surface area contributed by atoms with E-state index in [-0.39, 0.29) is 6.04 Å². The van der Waals surface area contributed by atoms with Gasteiger partial charge in [0.2, 0.25) is 0 Å². The van der Waals surface area contributed by atoms with E-state index in [1.807, 2.05) is 32.2 Å². The lowest BCUT2D eigenvalue weighted by atomic mass is 10.2. The maximum atomic E-state index is 5.86. The molecule has 2 heterocycles. The van der Waals surface area contributed by atoms with Crippen LogP contribution in [0.4, 0.5) is 0 Å². The molecule has 0 aliphatic rings. The maximum Gasteiger partial charge on any atom is 0.125 e. The lowest BCUT2D eigenvalue weighted by Gasteiger charge is -1.99. The van der Waals surface area contributed by atoms with Gasteiger partial charge in [-0.25, -0.2) is 4.98 Å². The Kier molecular flexibility index (Phi) is 2.79. The Morgan fingerprint density at radius 1 is 1.47 bits per heavy atom. The van der Waals surface area contributed by atoms with Crippen LogP contribution in [0.3, 0.4) is 0 Å². The van der Waals surface area contributed by atoms with E-state index in [0.717, 1.165) is 21.1 Å². The third kappa shape index (κ3) is 2.06. The molecule has 0 aromatic carbocycles. The smallest absolute Gasteiger partial charge is 0.125 e. The van der Waals surface area contributed by atoms with Crippen molar-refractivity contribution in [2.45, 2.75) is 19.9 Å². The second-order valence-electron chi connectivity index (χ2n) is 3.50. The number of nitrogens with two attached hydrogens (primary N) is 1. The Balaban J connectivity index is 2.43. The summed E-state index contributed by atoms with van der Waals surface area (Å²) in [6.45, 7) is 3.97. The number of nitrogens with zero attached hydrogens (tertiary/aromatic N) is 2. The molecule has 3 nitrogen and oxygen atoms in total. The van der Waals surface area contributed by atoms with Gasteiger partial charge in [-0.2, -0.15) is 0 Å². The van der Waals surface area contributed by atoms with Crippen molar-refractivity contribution in [3.63, 3.8) is 0 Å². The van der Waals surface area contributed by atoms with Gasteiger partial charge >= 0.3 is 0 Å². The van der Waals surface area contributed by atoms with Crippen LogP contribution in [-0.2, 0) is 0 Å². The topological polar surface area (TPSA) is 51.8 Å². The Morgan fingerprint density at radius 2 is 2.27 bits per heavy atom. The van der Waals surface area contributed by atoms with E-state index in [9.17, 15) is 0 Å². The van der Waals surface area contributed by atoms with Crippen molar-refractivity contribution >= 4 is 11.3 Å². The van der Waals surface area contributed by atoms with Crippen LogP contribution in [-0.4, -0.2) is 9.97 Å². The molecule has 0 aliphatic carbocycles. The molecule has 0 aliphatic heterocycles. The van der Waals surface area contributed by atoms with Crippen molar-refractivity contribution < 1.29 is 0 Å². The Morgan fingerprint density at radius 3 is 2.80 bits per heavy atom. The van der Waals surface area contributed by atoms with Gasteiger partial charge in [0.05, 0.1) is 5.69 Å². The zero-order valence-electron chi connectivity index (χ0n) is 8.77. The lowest BCUT2D eigenvalue weighted by molar-refractivity contribution is 0.825. The molecule has 2 N–H and O–H groups in total. The van der Waals surface area contributed by atoms with Crippen LogP contribution < -0.4 is 5.73 Å². The molecule has 2 aromatic rings. The molecule has 0 amide bonds. The number of aryl methyl sites for hydroxylation is 1. The molecule has 2 rings (SSSR count). The molecule has 0 saturated heterocycles. The fourth-order valence-electron chi connectivity index (χ4n) is 1.44. The fourth-order valence-corrected chi connectivity index (χ4v) is 2.45. The minimum atomic E-state index is 0.0490. The van der Waals surface area contributed by atoms with Crippen molar-refractivity contribution in [1.29, 1.82) is 0 Å². The molecule has 0 fully saturated rings. The normalized spacial score (nSPS) is 12.7. The van der Waals surface area contributed by atoms with Crippen molar-refractivity contribution in [3.8, 4) is 10.6 Å². The number of hydrogen-bond acceptors (Lipinski definition) is 4. The van der Waals surface area contributed by atoms with Gasteiger partial charge in [-0.05, 0) is 26.0 Å². The monoisotopic (exact) mass is 219 g/mol. The summed E-state index contributed by atoms with van der Waals surface area (Å²) in [5.74, 6) is 0. The summed E-state index contributed by atoms with van der Waals surface area (Å²) in [5.41, 5.74) is 7.94. The van der Waals surface area contributed by atoms with Crippen LogP contribution in [0, 0.1) is 6.92 Å². The zero-order chi connectivity index (χ0) is 10.8. The summed E-state index contributed by atoms with van der Waals surface area (Å²) < 4.78 is 0. The number of pyridine rings is 1. The van der Waals surface area contributed by atoms with Gasteiger partial charge in [-0.3, -0.25) is 4.98 Å². The largest absolute Gasteiger partial charge is 0.323 e. The first-order valence-electron chi connectivity index (χ1n) is 4.82. The Labute approximate surface area is 93.0 Å². The van der Waals surface area contributed by atoms with Gasteiger partial charge in [0.15, 0.2) is 0 Å². The van der Waals surface area contributed by atoms with Crippen molar-refractivity contribution in [2.24, 2.45) is 5.73 Å². The fraction of sp³-hybridized carbons (Fsp3) is 0.273.